The molecule has 0 aromatic rings. The van der Waals surface area contributed by atoms with E-state index in [1.54, 1.807) is 12.2 Å². The molecule has 0 amide bonds. The Balaban J connectivity index is 2.79. The van der Waals surface area contributed by atoms with Crippen molar-refractivity contribution < 1.29 is 28.5 Å². The van der Waals surface area contributed by atoms with Crippen molar-refractivity contribution in [2.75, 3.05) is 28.4 Å². The number of allylic oxidation sites excluding steroid dienone is 3. The molecular weight excluding hydrogens is 364 g/mol. The highest BCUT2D eigenvalue weighted by Crippen LogP contribution is 2.55. The van der Waals surface area contributed by atoms with Gasteiger partial charge in [-0.15, -0.1) is 0 Å². The van der Waals surface area contributed by atoms with Crippen LogP contribution < -0.4 is 5.32 Å². The van der Waals surface area contributed by atoms with Gasteiger partial charge in [-0.05, 0) is 32.4 Å². The van der Waals surface area contributed by atoms with Gasteiger partial charge in [0.15, 0.2) is 0 Å². The van der Waals surface area contributed by atoms with Gasteiger partial charge in [-0.2, -0.15) is 5.26 Å². The molecule has 1 spiro atoms. The summed E-state index contributed by atoms with van der Waals surface area (Å²) >= 11 is 0. The zero-order valence-corrected chi connectivity index (χ0v) is 16.8. The van der Waals surface area contributed by atoms with Gasteiger partial charge in [0.05, 0.1) is 28.4 Å². The number of ether oxygens (including phenoxy) is 4. The van der Waals surface area contributed by atoms with Gasteiger partial charge in [-0.1, -0.05) is 0 Å². The maximum atomic E-state index is 12.0. The lowest BCUT2D eigenvalue weighted by molar-refractivity contribution is -0.136. The smallest absolute Gasteiger partial charge is 0.349 e. The highest BCUT2D eigenvalue weighted by molar-refractivity contribution is 5.95. The van der Waals surface area contributed by atoms with Gasteiger partial charge in [0, 0.05) is 22.9 Å². The van der Waals surface area contributed by atoms with E-state index in [0.717, 1.165) is 0 Å². The Morgan fingerprint density at radius 3 is 2.11 bits per heavy atom. The second kappa shape index (κ2) is 7.80. The van der Waals surface area contributed by atoms with E-state index in [9.17, 15) is 14.9 Å². The van der Waals surface area contributed by atoms with Crippen molar-refractivity contribution in [2.24, 2.45) is 5.41 Å². The summed E-state index contributed by atoms with van der Waals surface area (Å²) in [6.07, 6.45) is 5.04. The number of nitrogens with one attached hydrogen (secondary N) is 1. The minimum absolute atomic E-state index is 0.176. The summed E-state index contributed by atoms with van der Waals surface area (Å²) in [4.78, 5) is 23.9. The van der Waals surface area contributed by atoms with Crippen LogP contribution in [-0.4, -0.2) is 45.9 Å². The summed E-state index contributed by atoms with van der Waals surface area (Å²) in [5, 5.41) is 12.7. The van der Waals surface area contributed by atoms with Crippen LogP contribution in [0.1, 0.15) is 20.3 Å². The first-order valence-electron chi connectivity index (χ1n) is 8.52. The summed E-state index contributed by atoms with van der Waals surface area (Å²) < 4.78 is 20.8. The topological polar surface area (TPSA) is 107 Å². The van der Waals surface area contributed by atoms with Crippen LogP contribution in [0.5, 0.6) is 0 Å². The number of nitriles is 1. The molecule has 0 aromatic heterocycles. The Bertz CT molecular complexity index is 830. The number of rotatable bonds is 4. The van der Waals surface area contributed by atoms with Crippen molar-refractivity contribution >= 4 is 11.9 Å². The maximum absolute atomic E-state index is 12.0. The Morgan fingerprint density at radius 2 is 1.68 bits per heavy atom. The van der Waals surface area contributed by atoms with Crippen molar-refractivity contribution in [3.05, 3.63) is 46.6 Å². The largest absolute Gasteiger partial charge is 0.500 e. The molecule has 0 radical (unpaired) electrons. The number of hydrogen-bond donors (Lipinski definition) is 1. The molecule has 1 aliphatic heterocycles. The van der Waals surface area contributed by atoms with E-state index in [-0.39, 0.29) is 5.57 Å². The standard InChI is InChI=1S/C20H24N2O6/c1-19(2)11-20(14(22-19)9-17(23)27-5)15(25-3)7-12(8-16(20)26-4)13(10-21)18(24)28-6/h7-9,22H,11H2,1-6H3. The Morgan fingerprint density at radius 1 is 1.11 bits per heavy atom. The summed E-state index contributed by atoms with van der Waals surface area (Å²) in [6.45, 7) is 3.96. The Labute approximate surface area is 164 Å². The van der Waals surface area contributed by atoms with E-state index in [0.29, 0.717) is 29.2 Å². The van der Waals surface area contributed by atoms with Crippen LogP contribution in [0.15, 0.2) is 46.6 Å². The molecule has 8 nitrogen and oxygen atoms in total. The quantitative estimate of drug-likeness (QED) is 0.442. The second-order valence-corrected chi connectivity index (χ2v) is 7.03. The molecular formula is C20H24N2O6. The summed E-state index contributed by atoms with van der Waals surface area (Å²) in [5.41, 5.74) is -0.653. The molecule has 1 aliphatic carbocycles. The van der Waals surface area contributed by atoms with Gasteiger partial charge in [-0.25, -0.2) is 9.59 Å². The van der Waals surface area contributed by atoms with E-state index in [4.69, 9.17) is 14.2 Å². The molecule has 1 N–H and O–H groups in total. The molecule has 1 fully saturated rings. The summed E-state index contributed by atoms with van der Waals surface area (Å²) in [6, 6.07) is 1.86. The van der Waals surface area contributed by atoms with Crippen molar-refractivity contribution in [2.45, 2.75) is 25.8 Å². The lowest BCUT2D eigenvalue weighted by atomic mass is 9.72. The fourth-order valence-electron chi connectivity index (χ4n) is 3.68. The normalized spacial score (nSPS) is 23.9. The molecule has 1 saturated heterocycles. The first-order chi connectivity index (χ1) is 13.2. The number of carbonyl (C=O) groups excluding carboxylic acids is 2. The van der Waals surface area contributed by atoms with E-state index in [1.807, 2.05) is 19.9 Å². The predicted molar refractivity (Wildman–Crippen MR) is 99.2 cm³/mol. The average Bonchev–Trinajstić information content (AvgIpc) is 2.93. The van der Waals surface area contributed by atoms with Crippen molar-refractivity contribution in [1.82, 2.24) is 5.32 Å². The number of carbonyl (C=O) groups is 2. The van der Waals surface area contributed by atoms with Gasteiger partial charge in [-0.3, -0.25) is 0 Å². The Kier molecular flexibility index (Phi) is 5.88. The molecule has 0 bridgehead atoms. The minimum Gasteiger partial charge on any atom is -0.500 e. The lowest BCUT2D eigenvalue weighted by Crippen LogP contribution is -2.32. The highest BCUT2D eigenvalue weighted by Gasteiger charge is 2.55. The molecule has 28 heavy (non-hydrogen) atoms. The molecule has 0 aromatic carbocycles. The summed E-state index contributed by atoms with van der Waals surface area (Å²) in [7, 11) is 5.46. The molecule has 2 aliphatic rings. The third-order valence-electron chi connectivity index (χ3n) is 4.75. The fraction of sp³-hybridized carbons (Fsp3) is 0.450. The summed E-state index contributed by atoms with van der Waals surface area (Å²) in [5.74, 6) is -0.445. The molecule has 0 unspecified atom stereocenters. The first kappa shape index (κ1) is 21.1. The highest BCUT2D eigenvalue weighted by atomic mass is 16.5. The van der Waals surface area contributed by atoms with Gasteiger partial charge in [0.25, 0.3) is 0 Å². The van der Waals surface area contributed by atoms with Gasteiger partial charge in [0.2, 0.25) is 0 Å². The van der Waals surface area contributed by atoms with Crippen LogP contribution in [0.25, 0.3) is 0 Å². The van der Waals surface area contributed by atoms with Gasteiger partial charge in [0.1, 0.15) is 28.6 Å². The van der Waals surface area contributed by atoms with Crippen LogP contribution in [-0.2, 0) is 28.5 Å². The van der Waals surface area contributed by atoms with E-state index in [1.165, 1.54) is 34.5 Å². The molecule has 0 atom stereocenters. The van der Waals surface area contributed by atoms with Crippen LogP contribution >= 0.6 is 0 Å². The third kappa shape index (κ3) is 3.48. The fourth-order valence-corrected chi connectivity index (χ4v) is 3.68. The van der Waals surface area contributed by atoms with Crippen molar-refractivity contribution in [1.29, 1.82) is 5.26 Å². The zero-order chi connectivity index (χ0) is 21.1. The number of nitrogens with zero attached hydrogens (tertiary/aromatic N) is 1. The first-order valence-corrected chi connectivity index (χ1v) is 8.52. The number of esters is 2. The van der Waals surface area contributed by atoms with Crippen molar-refractivity contribution in [3.63, 3.8) is 0 Å². The number of methoxy groups -OCH3 is 4. The van der Waals surface area contributed by atoms with Gasteiger partial charge < -0.3 is 24.3 Å². The maximum Gasteiger partial charge on any atom is 0.349 e. The third-order valence-corrected chi connectivity index (χ3v) is 4.75. The molecule has 150 valence electrons. The van der Waals surface area contributed by atoms with E-state index < -0.39 is 22.9 Å². The van der Waals surface area contributed by atoms with E-state index >= 15 is 0 Å². The van der Waals surface area contributed by atoms with Crippen LogP contribution in [0.4, 0.5) is 0 Å². The minimum atomic E-state index is -0.929. The second-order valence-electron chi connectivity index (χ2n) is 7.03. The SMILES string of the molecule is COC(=O)C=C1NC(C)(C)CC12C(OC)=CC(=C(C#N)C(=O)OC)C=C2OC. The molecule has 1 heterocycles. The molecule has 0 saturated carbocycles. The molecule has 8 heteroatoms. The van der Waals surface area contributed by atoms with Crippen LogP contribution in [0, 0.1) is 16.7 Å². The average molecular weight is 388 g/mol. The van der Waals surface area contributed by atoms with E-state index in [2.05, 4.69) is 10.1 Å². The van der Waals surface area contributed by atoms with Crippen molar-refractivity contribution in [3.8, 4) is 6.07 Å². The molecule has 2 rings (SSSR count). The zero-order valence-electron chi connectivity index (χ0n) is 16.8. The Hall–Kier alpha value is -3.21. The van der Waals surface area contributed by atoms with Crippen LogP contribution in [0.2, 0.25) is 0 Å². The number of hydrogen-bond acceptors (Lipinski definition) is 8. The van der Waals surface area contributed by atoms with Gasteiger partial charge >= 0.3 is 11.9 Å². The lowest BCUT2D eigenvalue weighted by Gasteiger charge is -2.36. The monoisotopic (exact) mass is 388 g/mol. The predicted octanol–water partition coefficient (Wildman–Crippen LogP) is 1.87. The van der Waals surface area contributed by atoms with Crippen LogP contribution in [0.3, 0.4) is 0 Å².